The maximum atomic E-state index is 13.1. The summed E-state index contributed by atoms with van der Waals surface area (Å²) < 4.78 is 39.3. The maximum Gasteiger partial charge on any atom is 0.418 e. The Labute approximate surface area is 159 Å². The molecule has 4 nitrogen and oxygen atoms in total. The van der Waals surface area contributed by atoms with Crippen LogP contribution in [0, 0.1) is 5.92 Å². The molecule has 0 atom stereocenters. The highest BCUT2D eigenvalue weighted by Crippen LogP contribution is 2.36. The van der Waals surface area contributed by atoms with Gasteiger partial charge in [0.05, 0.1) is 11.3 Å². The molecule has 2 N–H and O–H groups in total. The average Bonchev–Trinajstić information content (AvgIpc) is 2.60. The standard InChI is InChI=1S/C19H18ClF3N2O2/c1-11(2)10-24-17(26)12-3-5-13(6-4-12)18(27)25-16-8-7-14(20)9-15(16)19(21,22)23/h3-9,11H,10H2,1-2H3,(H,24,26)(H,25,27). The van der Waals surface area contributed by atoms with Crippen molar-refractivity contribution in [3.8, 4) is 0 Å². The Morgan fingerprint density at radius 3 is 2.07 bits per heavy atom. The summed E-state index contributed by atoms with van der Waals surface area (Å²) in [6.07, 6.45) is -4.66. The summed E-state index contributed by atoms with van der Waals surface area (Å²) in [5, 5.41) is 4.88. The quantitative estimate of drug-likeness (QED) is 0.744. The molecule has 8 heteroatoms. The van der Waals surface area contributed by atoms with Crippen molar-refractivity contribution in [2.75, 3.05) is 11.9 Å². The predicted octanol–water partition coefficient (Wildman–Crippen LogP) is 5.00. The first-order valence-corrected chi connectivity index (χ1v) is 8.52. The molecule has 0 fully saturated rings. The number of hydrogen-bond acceptors (Lipinski definition) is 2. The van der Waals surface area contributed by atoms with Gasteiger partial charge in [0.25, 0.3) is 11.8 Å². The summed E-state index contributed by atoms with van der Waals surface area (Å²) >= 11 is 5.62. The minimum atomic E-state index is -4.66. The molecule has 0 aliphatic heterocycles. The van der Waals surface area contributed by atoms with Crippen molar-refractivity contribution in [3.05, 3.63) is 64.2 Å². The van der Waals surface area contributed by atoms with Gasteiger partial charge in [-0.05, 0) is 48.4 Å². The lowest BCUT2D eigenvalue weighted by molar-refractivity contribution is -0.136. The number of carbonyl (C=O) groups excluding carboxylic acids is 2. The lowest BCUT2D eigenvalue weighted by Gasteiger charge is -2.14. The van der Waals surface area contributed by atoms with Crippen LogP contribution >= 0.6 is 11.6 Å². The van der Waals surface area contributed by atoms with Crippen LogP contribution in [0.15, 0.2) is 42.5 Å². The average molecular weight is 399 g/mol. The summed E-state index contributed by atoms with van der Waals surface area (Å²) in [6, 6.07) is 8.74. The van der Waals surface area contributed by atoms with Crippen molar-refractivity contribution >= 4 is 29.1 Å². The topological polar surface area (TPSA) is 58.2 Å². The van der Waals surface area contributed by atoms with Crippen LogP contribution in [0.3, 0.4) is 0 Å². The van der Waals surface area contributed by atoms with E-state index in [4.69, 9.17) is 11.6 Å². The molecule has 144 valence electrons. The SMILES string of the molecule is CC(C)CNC(=O)c1ccc(C(=O)Nc2ccc(Cl)cc2C(F)(F)F)cc1. The van der Waals surface area contributed by atoms with Crippen LogP contribution in [0.5, 0.6) is 0 Å². The normalized spacial score (nSPS) is 11.4. The molecule has 2 aromatic rings. The van der Waals surface area contributed by atoms with E-state index >= 15 is 0 Å². The maximum absolute atomic E-state index is 13.1. The molecule has 0 bridgehead atoms. The Bertz CT molecular complexity index is 834. The molecular formula is C19H18ClF3N2O2. The first kappa shape index (κ1) is 20.8. The van der Waals surface area contributed by atoms with Crippen LogP contribution in [0.4, 0.5) is 18.9 Å². The van der Waals surface area contributed by atoms with Gasteiger partial charge in [-0.2, -0.15) is 13.2 Å². The second-order valence-electron chi connectivity index (χ2n) is 6.32. The van der Waals surface area contributed by atoms with Crippen LogP contribution in [0.25, 0.3) is 0 Å². The van der Waals surface area contributed by atoms with Gasteiger partial charge in [0.1, 0.15) is 0 Å². The van der Waals surface area contributed by atoms with Gasteiger partial charge in [0, 0.05) is 22.7 Å². The van der Waals surface area contributed by atoms with Crippen molar-refractivity contribution in [3.63, 3.8) is 0 Å². The van der Waals surface area contributed by atoms with Crippen LogP contribution in [0.1, 0.15) is 40.1 Å². The Balaban J connectivity index is 2.14. The number of benzene rings is 2. The number of alkyl halides is 3. The van der Waals surface area contributed by atoms with Crippen LogP contribution in [0.2, 0.25) is 5.02 Å². The number of rotatable bonds is 5. The van der Waals surface area contributed by atoms with Gasteiger partial charge in [-0.25, -0.2) is 0 Å². The largest absolute Gasteiger partial charge is 0.418 e. The number of halogens is 4. The molecule has 0 aromatic heterocycles. The van der Waals surface area contributed by atoms with Crippen LogP contribution < -0.4 is 10.6 Å². The zero-order chi connectivity index (χ0) is 20.2. The first-order valence-electron chi connectivity index (χ1n) is 8.14. The van der Waals surface area contributed by atoms with Crippen molar-refractivity contribution in [1.29, 1.82) is 0 Å². The van der Waals surface area contributed by atoms with Gasteiger partial charge in [0.2, 0.25) is 0 Å². The van der Waals surface area contributed by atoms with E-state index in [2.05, 4.69) is 10.6 Å². The smallest absolute Gasteiger partial charge is 0.352 e. The van der Waals surface area contributed by atoms with Crippen molar-refractivity contribution in [1.82, 2.24) is 5.32 Å². The molecule has 0 saturated carbocycles. The minimum Gasteiger partial charge on any atom is -0.352 e. The lowest BCUT2D eigenvalue weighted by atomic mass is 10.1. The van der Waals surface area contributed by atoms with E-state index < -0.39 is 23.3 Å². The van der Waals surface area contributed by atoms with E-state index in [1.54, 1.807) is 0 Å². The third-order valence-corrected chi connectivity index (χ3v) is 3.85. The molecule has 2 aromatic carbocycles. The number of nitrogens with one attached hydrogen (secondary N) is 2. The second-order valence-corrected chi connectivity index (χ2v) is 6.76. The molecule has 0 aliphatic carbocycles. The molecule has 0 saturated heterocycles. The van der Waals surface area contributed by atoms with Gasteiger partial charge >= 0.3 is 6.18 Å². The Hall–Kier alpha value is -2.54. The zero-order valence-electron chi connectivity index (χ0n) is 14.7. The molecule has 27 heavy (non-hydrogen) atoms. The van der Waals surface area contributed by atoms with E-state index in [-0.39, 0.29) is 16.5 Å². The number of hydrogen-bond donors (Lipinski definition) is 2. The highest BCUT2D eigenvalue weighted by Gasteiger charge is 2.34. The predicted molar refractivity (Wildman–Crippen MR) is 98.0 cm³/mol. The number of anilines is 1. The summed E-state index contributed by atoms with van der Waals surface area (Å²) in [7, 11) is 0. The van der Waals surface area contributed by atoms with Crippen LogP contribution in [-0.4, -0.2) is 18.4 Å². The summed E-state index contributed by atoms with van der Waals surface area (Å²) in [5.41, 5.74) is -0.947. The summed E-state index contributed by atoms with van der Waals surface area (Å²) in [6.45, 7) is 4.43. The van der Waals surface area contributed by atoms with E-state index in [0.717, 1.165) is 12.1 Å². The molecule has 0 heterocycles. The second kappa shape index (κ2) is 8.43. The molecule has 0 unspecified atom stereocenters. The van der Waals surface area contributed by atoms with Crippen LogP contribution in [-0.2, 0) is 6.18 Å². The van der Waals surface area contributed by atoms with Crippen molar-refractivity contribution < 1.29 is 22.8 Å². The summed E-state index contributed by atoms with van der Waals surface area (Å²) in [4.78, 5) is 24.2. The Kier molecular flexibility index (Phi) is 6.49. The van der Waals surface area contributed by atoms with E-state index in [0.29, 0.717) is 18.0 Å². The number of carbonyl (C=O) groups is 2. The fourth-order valence-electron chi connectivity index (χ4n) is 2.23. The third-order valence-electron chi connectivity index (χ3n) is 3.62. The van der Waals surface area contributed by atoms with Crippen molar-refractivity contribution in [2.45, 2.75) is 20.0 Å². The highest BCUT2D eigenvalue weighted by molar-refractivity contribution is 6.30. The van der Waals surface area contributed by atoms with E-state index in [9.17, 15) is 22.8 Å². The molecule has 0 aliphatic rings. The van der Waals surface area contributed by atoms with E-state index in [1.807, 2.05) is 13.8 Å². The number of amides is 2. The van der Waals surface area contributed by atoms with Gasteiger partial charge in [-0.3, -0.25) is 9.59 Å². The van der Waals surface area contributed by atoms with E-state index in [1.165, 1.54) is 30.3 Å². The van der Waals surface area contributed by atoms with Crippen molar-refractivity contribution in [2.24, 2.45) is 5.92 Å². The minimum absolute atomic E-state index is 0.0860. The Morgan fingerprint density at radius 2 is 1.56 bits per heavy atom. The lowest BCUT2D eigenvalue weighted by Crippen LogP contribution is -2.27. The molecule has 2 rings (SSSR count). The monoisotopic (exact) mass is 398 g/mol. The Morgan fingerprint density at radius 1 is 1.00 bits per heavy atom. The molecular weight excluding hydrogens is 381 g/mol. The first-order chi connectivity index (χ1) is 12.6. The fraction of sp³-hybridized carbons (Fsp3) is 0.263. The van der Waals surface area contributed by atoms with Gasteiger partial charge in [0.15, 0.2) is 0 Å². The highest BCUT2D eigenvalue weighted by atomic mass is 35.5. The van der Waals surface area contributed by atoms with Gasteiger partial charge < -0.3 is 10.6 Å². The molecule has 2 amide bonds. The third kappa shape index (κ3) is 5.72. The fourth-order valence-corrected chi connectivity index (χ4v) is 2.40. The molecule has 0 spiro atoms. The zero-order valence-corrected chi connectivity index (χ0v) is 15.4. The summed E-state index contributed by atoms with van der Waals surface area (Å²) in [5.74, 6) is -0.717. The van der Waals surface area contributed by atoms with Gasteiger partial charge in [-0.1, -0.05) is 25.4 Å². The molecule has 0 radical (unpaired) electrons. The van der Waals surface area contributed by atoms with Gasteiger partial charge in [-0.15, -0.1) is 0 Å².